The lowest BCUT2D eigenvalue weighted by Gasteiger charge is -2.39. The molecule has 4 aromatic rings. The lowest BCUT2D eigenvalue weighted by Crippen LogP contribution is -2.45. The van der Waals surface area contributed by atoms with E-state index in [0.717, 1.165) is 44.9 Å². The SMILES string of the molecule is COc1ccc(C2=C(c3ccc(OC)cc3)C3(c4ccccc4)C(=O)C2(c2ccccc2)CC3C(=O)N(C)C)cc1. The van der Waals surface area contributed by atoms with Crippen LogP contribution in [-0.2, 0) is 20.4 Å². The number of ether oxygens (including phenoxy) is 2. The van der Waals surface area contributed by atoms with Crippen LogP contribution in [-0.4, -0.2) is 44.9 Å². The molecule has 206 valence electrons. The highest BCUT2D eigenvalue weighted by atomic mass is 16.5. The normalized spacial score (nSPS) is 23.0. The second kappa shape index (κ2) is 10.1. The Balaban J connectivity index is 1.80. The summed E-state index contributed by atoms with van der Waals surface area (Å²) < 4.78 is 11.0. The van der Waals surface area contributed by atoms with Gasteiger partial charge < -0.3 is 14.4 Å². The van der Waals surface area contributed by atoms with Crippen LogP contribution in [0.4, 0.5) is 0 Å². The fourth-order valence-corrected chi connectivity index (χ4v) is 7.12. The summed E-state index contributed by atoms with van der Waals surface area (Å²) in [4.78, 5) is 31.3. The summed E-state index contributed by atoms with van der Waals surface area (Å²) in [6.07, 6.45) is 0.378. The van der Waals surface area contributed by atoms with E-state index in [0.29, 0.717) is 6.42 Å². The maximum Gasteiger partial charge on any atom is 0.226 e. The van der Waals surface area contributed by atoms with Crippen LogP contribution in [0.3, 0.4) is 0 Å². The number of rotatable bonds is 7. The summed E-state index contributed by atoms with van der Waals surface area (Å²) in [6.45, 7) is 0. The first-order valence-electron chi connectivity index (χ1n) is 13.8. The Kier molecular flexibility index (Phi) is 6.53. The average Bonchev–Trinajstić information content (AvgIpc) is 3.43. The summed E-state index contributed by atoms with van der Waals surface area (Å²) in [5.74, 6) is 0.857. The number of carbonyl (C=O) groups excluding carboxylic acids is 2. The van der Waals surface area contributed by atoms with Gasteiger partial charge in [0.1, 0.15) is 11.5 Å². The Hall–Kier alpha value is -4.64. The van der Waals surface area contributed by atoms with Gasteiger partial charge in [0, 0.05) is 14.1 Å². The third-order valence-electron chi connectivity index (χ3n) is 8.84. The van der Waals surface area contributed by atoms with Crippen LogP contribution in [0.2, 0.25) is 0 Å². The molecule has 41 heavy (non-hydrogen) atoms. The lowest BCUT2D eigenvalue weighted by molar-refractivity contribution is -0.136. The second-order valence-electron chi connectivity index (χ2n) is 11.0. The first-order chi connectivity index (χ1) is 19.9. The average molecular weight is 544 g/mol. The van der Waals surface area contributed by atoms with Gasteiger partial charge in [0.25, 0.3) is 0 Å². The van der Waals surface area contributed by atoms with E-state index >= 15 is 4.79 Å². The molecule has 0 spiro atoms. The highest BCUT2D eigenvalue weighted by molar-refractivity contribution is 6.31. The van der Waals surface area contributed by atoms with Crippen molar-refractivity contribution >= 4 is 22.8 Å². The Labute approximate surface area is 241 Å². The molecule has 2 aliphatic rings. The number of amides is 1. The molecule has 0 aromatic heterocycles. The van der Waals surface area contributed by atoms with Crippen molar-refractivity contribution < 1.29 is 19.1 Å². The molecule has 6 rings (SSSR count). The molecule has 5 nitrogen and oxygen atoms in total. The van der Waals surface area contributed by atoms with Crippen molar-refractivity contribution in [3.05, 3.63) is 131 Å². The van der Waals surface area contributed by atoms with Gasteiger partial charge in [-0.2, -0.15) is 0 Å². The van der Waals surface area contributed by atoms with Crippen LogP contribution >= 0.6 is 0 Å². The second-order valence-corrected chi connectivity index (χ2v) is 11.0. The van der Waals surface area contributed by atoms with E-state index in [1.807, 2.05) is 109 Å². The smallest absolute Gasteiger partial charge is 0.226 e. The van der Waals surface area contributed by atoms with Crippen molar-refractivity contribution in [1.29, 1.82) is 0 Å². The van der Waals surface area contributed by atoms with E-state index in [1.54, 1.807) is 33.2 Å². The topological polar surface area (TPSA) is 55.8 Å². The molecular weight excluding hydrogens is 510 g/mol. The quantitative estimate of drug-likeness (QED) is 0.279. The van der Waals surface area contributed by atoms with Crippen LogP contribution in [0, 0.1) is 5.92 Å². The fraction of sp³-hybridized carbons (Fsp3) is 0.222. The largest absolute Gasteiger partial charge is 0.497 e. The van der Waals surface area contributed by atoms with Crippen LogP contribution < -0.4 is 9.47 Å². The van der Waals surface area contributed by atoms with E-state index in [-0.39, 0.29) is 11.7 Å². The summed E-state index contributed by atoms with van der Waals surface area (Å²) in [5.41, 5.74) is 3.14. The molecule has 0 heterocycles. The number of ketones is 1. The van der Waals surface area contributed by atoms with Crippen molar-refractivity contribution in [3.63, 3.8) is 0 Å². The zero-order valence-electron chi connectivity index (χ0n) is 23.8. The summed E-state index contributed by atoms with van der Waals surface area (Å²) in [5, 5.41) is 0. The maximum atomic E-state index is 15.5. The number of nitrogens with zero attached hydrogens (tertiary/aromatic N) is 1. The minimum Gasteiger partial charge on any atom is -0.497 e. The van der Waals surface area contributed by atoms with Gasteiger partial charge in [-0.15, -0.1) is 0 Å². The van der Waals surface area contributed by atoms with Gasteiger partial charge in [0.05, 0.1) is 31.0 Å². The Morgan fingerprint density at radius 3 is 1.61 bits per heavy atom. The minimum absolute atomic E-state index is 0.0410. The number of hydrogen-bond acceptors (Lipinski definition) is 4. The third kappa shape index (κ3) is 3.76. The molecule has 1 saturated carbocycles. The van der Waals surface area contributed by atoms with Crippen LogP contribution in [0.5, 0.6) is 11.5 Å². The predicted octanol–water partition coefficient (Wildman–Crippen LogP) is 6.18. The summed E-state index contributed by atoms with van der Waals surface area (Å²) >= 11 is 0. The third-order valence-corrected chi connectivity index (χ3v) is 8.84. The Morgan fingerprint density at radius 1 is 0.683 bits per heavy atom. The van der Waals surface area contributed by atoms with Crippen molar-refractivity contribution in [1.82, 2.24) is 4.90 Å². The van der Waals surface area contributed by atoms with Gasteiger partial charge >= 0.3 is 0 Å². The number of fused-ring (bicyclic) bond motifs is 2. The monoisotopic (exact) mass is 543 g/mol. The van der Waals surface area contributed by atoms with Crippen molar-refractivity contribution in [2.75, 3.05) is 28.3 Å². The molecule has 3 atom stereocenters. The first kappa shape index (κ1) is 26.6. The highest BCUT2D eigenvalue weighted by Crippen LogP contribution is 2.70. The number of hydrogen-bond donors (Lipinski definition) is 0. The molecule has 0 aliphatic heterocycles. The van der Waals surface area contributed by atoms with Gasteiger partial charge in [0.15, 0.2) is 5.78 Å². The van der Waals surface area contributed by atoms with E-state index in [2.05, 4.69) is 0 Å². The summed E-state index contributed by atoms with van der Waals surface area (Å²) in [7, 11) is 6.83. The molecule has 4 aromatic carbocycles. The number of allylic oxidation sites excluding steroid dienone is 2. The highest BCUT2D eigenvalue weighted by Gasteiger charge is 2.73. The molecule has 1 amide bonds. The van der Waals surface area contributed by atoms with Gasteiger partial charge in [-0.1, -0.05) is 84.9 Å². The standard InChI is InChI=1S/C36H33NO4/c1-37(2)33(38)30-23-35(26-11-7-5-8-12-26)31(24-15-19-28(40-3)20-16-24)32(25-17-21-29(41-4)22-18-25)36(30,34(35)39)27-13-9-6-10-14-27/h5-22,30H,23H2,1-4H3. The molecule has 0 N–H and O–H groups in total. The number of carbonyl (C=O) groups is 2. The molecular formula is C36H33NO4. The molecule has 3 unspecified atom stereocenters. The molecule has 5 heteroatoms. The molecule has 2 bridgehead atoms. The first-order valence-corrected chi connectivity index (χ1v) is 13.8. The number of methoxy groups -OCH3 is 2. The van der Waals surface area contributed by atoms with E-state index in [1.165, 1.54) is 0 Å². The molecule has 1 fully saturated rings. The predicted molar refractivity (Wildman–Crippen MR) is 161 cm³/mol. The zero-order chi connectivity index (χ0) is 28.8. The van der Waals surface area contributed by atoms with Gasteiger partial charge in [-0.25, -0.2) is 0 Å². The zero-order valence-corrected chi connectivity index (χ0v) is 23.8. The van der Waals surface area contributed by atoms with E-state index in [9.17, 15) is 4.79 Å². The van der Waals surface area contributed by atoms with Crippen molar-refractivity contribution in [3.8, 4) is 11.5 Å². The van der Waals surface area contributed by atoms with Gasteiger partial charge in [0.2, 0.25) is 5.91 Å². The van der Waals surface area contributed by atoms with Crippen molar-refractivity contribution in [2.24, 2.45) is 5.92 Å². The summed E-state index contributed by atoms with van der Waals surface area (Å²) in [6, 6.07) is 35.6. The van der Waals surface area contributed by atoms with Crippen LogP contribution in [0.25, 0.3) is 11.1 Å². The van der Waals surface area contributed by atoms with Crippen LogP contribution in [0.15, 0.2) is 109 Å². The number of Topliss-reactive ketones (excluding diaryl/α,β-unsaturated/α-hetero) is 1. The Bertz CT molecular complexity index is 1630. The molecule has 0 radical (unpaired) electrons. The lowest BCUT2D eigenvalue weighted by atomic mass is 9.62. The molecule has 0 saturated heterocycles. The number of benzene rings is 4. The van der Waals surface area contributed by atoms with Gasteiger partial charge in [-0.05, 0) is 64.1 Å². The van der Waals surface area contributed by atoms with Crippen molar-refractivity contribution in [2.45, 2.75) is 17.3 Å². The minimum atomic E-state index is -1.19. The maximum absolute atomic E-state index is 15.5. The van der Waals surface area contributed by atoms with E-state index in [4.69, 9.17) is 9.47 Å². The van der Waals surface area contributed by atoms with Gasteiger partial charge in [-0.3, -0.25) is 9.59 Å². The Morgan fingerprint density at radius 2 is 1.15 bits per heavy atom. The fourth-order valence-electron chi connectivity index (χ4n) is 7.12. The van der Waals surface area contributed by atoms with Crippen LogP contribution in [0.1, 0.15) is 28.7 Å². The molecule has 2 aliphatic carbocycles. The van der Waals surface area contributed by atoms with E-state index < -0.39 is 16.7 Å².